The van der Waals surface area contributed by atoms with Crippen molar-refractivity contribution in [1.29, 1.82) is 5.41 Å². The van der Waals surface area contributed by atoms with Gasteiger partial charge in [-0.1, -0.05) is 0 Å². The van der Waals surface area contributed by atoms with Gasteiger partial charge in [0.1, 0.15) is 7.85 Å². The number of hydrogen-bond acceptors (Lipinski definition) is 1. The fourth-order valence-electron chi connectivity index (χ4n) is 0.950. The van der Waals surface area contributed by atoms with Gasteiger partial charge in [-0.3, -0.25) is 5.41 Å². The van der Waals surface area contributed by atoms with Gasteiger partial charge in [0.15, 0.2) is 0 Å². The van der Waals surface area contributed by atoms with Crippen molar-refractivity contribution in [1.82, 2.24) is 5.32 Å². The van der Waals surface area contributed by atoms with Gasteiger partial charge in [-0.15, -0.1) is 0 Å². The summed E-state index contributed by atoms with van der Waals surface area (Å²) in [4.78, 5) is 0. The van der Waals surface area contributed by atoms with Crippen LogP contribution in [0.3, 0.4) is 0 Å². The van der Waals surface area contributed by atoms with Crippen molar-refractivity contribution >= 4 is 13.7 Å². The molecule has 1 heterocycles. The summed E-state index contributed by atoms with van der Waals surface area (Å²) in [6, 6.07) is 0. The van der Waals surface area contributed by atoms with Gasteiger partial charge in [0.05, 0.1) is 5.84 Å². The Labute approximate surface area is 50.6 Å². The quantitative estimate of drug-likeness (QED) is 0.415. The van der Waals surface area contributed by atoms with Crippen molar-refractivity contribution in [3.05, 3.63) is 0 Å². The van der Waals surface area contributed by atoms with Gasteiger partial charge in [-0.05, 0) is 18.7 Å². The molecule has 2 nitrogen and oxygen atoms in total. The summed E-state index contributed by atoms with van der Waals surface area (Å²) in [5, 5.41) is 10.3. The van der Waals surface area contributed by atoms with E-state index in [1.807, 2.05) is 0 Å². The number of amidine groups is 1. The lowest BCUT2D eigenvalue weighted by molar-refractivity contribution is 0.664. The van der Waals surface area contributed by atoms with Gasteiger partial charge in [-0.2, -0.15) is 0 Å². The highest BCUT2D eigenvalue weighted by atomic mass is 14.9. The normalized spacial score (nSPS) is 29.5. The Bertz CT molecular complexity index is 103. The van der Waals surface area contributed by atoms with Crippen LogP contribution in [0.5, 0.6) is 0 Å². The molecule has 8 heavy (non-hydrogen) atoms. The first-order chi connectivity index (χ1) is 3.80. The summed E-state index contributed by atoms with van der Waals surface area (Å²) in [6.45, 7) is 1.00. The second-order valence-electron chi connectivity index (χ2n) is 2.38. The third-order valence-electron chi connectivity index (χ3n) is 1.62. The van der Waals surface area contributed by atoms with E-state index >= 15 is 0 Å². The lowest BCUT2D eigenvalue weighted by Crippen LogP contribution is -2.32. The van der Waals surface area contributed by atoms with Crippen LogP contribution >= 0.6 is 0 Å². The molecule has 3 heteroatoms. The van der Waals surface area contributed by atoms with Gasteiger partial charge in [0, 0.05) is 6.54 Å². The number of hydrogen-bond donors (Lipinski definition) is 2. The molecule has 1 fully saturated rings. The Morgan fingerprint density at radius 3 is 2.88 bits per heavy atom. The van der Waals surface area contributed by atoms with E-state index in [0.29, 0.717) is 5.82 Å². The molecule has 0 aromatic carbocycles. The van der Waals surface area contributed by atoms with Crippen molar-refractivity contribution in [2.45, 2.75) is 18.7 Å². The van der Waals surface area contributed by atoms with E-state index in [-0.39, 0.29) is 0 Å². The summed E-state index contributed by atoms with van der Waals surface area (Å²) in [5.74, 6) is 1.19. The van der Waals surface area contributed by atoms with Crippen molar-refractivity contribution in [2.24, 2.45) is 0 Å². The Kier molecular flexibility index (Phi) is 1.56. The van der Waals surface area contributed by atoms with Gasteiger partial charge >= 0.3 is 0 Å². The zero-order valence-electron chi connectivity index (χ0n) is 5.20. The monoisotopic (exact) mass is 110 g/mol. The topological polar surface area (TPSA) is 35.9 Å². The molecule has 1 aliphatic rings. The first kappa shape index (κ1) is 5.67. The molecule has 44 valence electrons. The molecule has 0 saturated carbocycles. The predicted octanol–water partition coefficient (Wildman–Crippen LogP) is -0.231. The van der Waals surface area contributed by atoms with Gasteiger partial charge in [-0.25, -0.2) is 0 Å². The molecule has 1 atom stereocenters. The summed E-state index contributed by atoms with van der Waals surface area (Å²) in [7, 11) is 2.09. The fraction of sp³-hybridized carbons (Fsp3) is 0.800. The SMILES string of the molecule is BC1CCCNC1=N. The van der Waals surface area contributed by atoms with Crippen LogP contribution in [0.1, 0.15) is 12.8 Å². The van der Waals surface area contributed by atoms with E-state index in [1.54, 1.807) is 0 Å². The van der Waals surface area contributed by atoms with Crippen molar-refractivity contribution in [3.63, 3.8) is 0 Å². The highest BCUT2D eigenvalue weighted by molar-refractivity contribution is 6.24. The van der Waals surface area contributed by atoms with Gasteiger partial charge in [0.25, 0.3) is 0 Å². The molecule has 0 aromatic rings. The number of nitrogens with one attached hydrogen (secondary N) is 2. The minimum Gasteiger partial charge on any atom is -0.374 e. The van der Waals surface area contributed by atoms with Crippen LogP contribution in [0.4, 0.5) is 0 Å². The molecule has 1 aliphatic heterocycles. The van der Waals surface area contributed by atoms with E-state index in [1.165, 1.54) is 12.8 Å². The lowest BCUT2D eigenvalue weighted by Gasteiger charge is -2.20. The highest BCUT2D eigenvalue weighted by Gasteiger charge is 2.11. The average Bonchev–Trinajstić information content (AvgIpc) is 1.77. The summed E-state index contributed by atoms with van der Waals surface area (Å²) in [5.41, 5.74) is 0. The fourth-order valence-corrected chi connectivity index (χ4v) is 0.950. The number of rotatable bonds is 0. The summed E-state index contributed by atoms with van der Waals surface area (Å²) >= 11 is 0. The average molecular weight is 110 g/mol. The molecule has 0 spiro atoms. The Hall–Kier alpha value is -0.465. The molecule has 0 aliphatic carbocycles. The van der Waals surface area contributed by atoms with Crippen molar-refractivity contribution < 1.29 is 0 Å². The molecule has 1 rings (SSSR count). The maximum absolute atomic E-state index is 7.28. The first-order valence-corrected chi connectivity index (χ1v) is 3.13. The Morgan fingerprint density at radius 1 is 1.75 bits per heavy atom. The van der Waals surface area contributed by atoms with Crippen LogP contribution in [0, 0.1) is 5.41 Å². The van der Waals surface area contributed by atoms with Crippen LogP contribution < -0.4 is 5.32 Å². The van der Waals surface area contributed by atoms with E-state index in [9.17, 15) is 0 Å². The maximum Gasteiger partial charge on any atom is 0.115 e. The van der Waals surface area contributed by atoms with Crippen LogP contribution in [-0.4, -0.2) is 20.2 Å². The van der Waals surface area contributed by atoms with E-state index in [2.05, 4.69) is 13.2 Å². The first-order valence-electron chi connectivity index (χ1n) is 3.13. The third kappa shape index (κ3) is 1.03. The third-order valence-corrected chi connectivity index (χ3v) is 1.62. The molecular formula is C5H11BN2. The smallest absolute Gasteiger partial charge is 0.115 e. The molecule has 0 bridgehead atoms. The maximum atomic E-state index is 7.28. The zero-order valence-corrected chi connectivity index (χ0v) is 5.20. The molecular weight excluding hydrogens is 98.9 g/mol. The van der Waals surface area contributed by atoms with E-state index in [0.717, 1.165) is 12.4 Å². The van der Waals surface area contributed by atoms with Crippen molar-refractivity contribution in [3.8, 4) is 0 Å². The Morgan fingerprint density at radius 2 is 2.50 bits per heavy atom. The molecule has 1 unspecified atom stereocenters. The standard InChI is InChI=1S/C5H11BN2/c6-4-2-1-3-8-5(4)7/h4H,1-3,6H2,(H2,7,8). The van der Waals surface area contributed by atoms with E-state index in [4.69, 9.17) is 5.41 Å². The van der Waals surface area contributed by atoms with E-state index < -0.39 is 0 Å². The summed E-state index contributed by atoms with van der Waals surface area (Å²) in [6.07, 6.45) is 2.41. The molecule has 0 radical (unpaired) electrons. The second-order valence-corrected chi connectivity index (χ2v) is 2.38. The van der Waals surface area contributed by atoms with Crippen LogP contribution in [0.25, 0.3) is 0 Å². The molecule has 0 amide bonds. The van der Waals surface area contributed by atoms with Crippen LogP contribution in [0.2, 0.25) is 5.82 Å². The van der Waals surface area contributed by atoms with Crippen molar-refractivity contribution in [2.75, 3.05) is 6.54 Å². The Balaban J connectivity index is 2.39. The zero-order chi connectivity index (χ0) is 5.98. The molecule has 0 aromatic heterocycles. The van der Waals surface area contributed by atoms with Crippen LogP contribution in [-0.2, 0) is 0 Å². The number of piperidine rings is 1. The predicted molar refractivity (Wildman–Crippen MR) is 37.3 cm³/mol. The molecule has 2 N–H and O–H groups in total. The molecule has 1 saturated heterocycles. The minimum atomic E-state index is 0.476. The van der Waals surface area contributed by atoms with Gasteiger partial charge < -0.3 is 5.32 Å². The lowest BCUT2D eigenvalue weighted by atomic mass is 9.80. The largest absolute Gasteiger partial charge is 0.374 e. The highest BCUT2D eigenvalue weighted by Crippen LogP contribution is 2.11. The second kappa shape index (κ2) is 2.20. The van der Waals surface area contributed by atoms with Gasteiger partial charge in [0.2, 0.25) is 0 Å². The minimum absolute atomic E-state index is 0.476. The summed E-state index contributed by atoms with van der Waals surface area (Å²) < 4.78 is 0. The van der Waals surface area contributed by atoms with Crippen LogP contribution in [0.15, 0.2) is 0 Å².